The van der Waals surface area contributed by atoms with E-state index in [1.807, 2.05) is 23.8 Å². The van der Waals surface area contributed by atoms with Crippen LogP contribution in [-0.2, 0) is 6.42 Å². The van der Waals surface area contributed by atoms with Crippen molar-refractivity contribution >= 4 is 11.3 Å². The van der Waals surface area contributed by atoms with Crippen molar-refractivity contribution in [1.82, 2.24) is 9.97 Å². The molecule has 72 valence electrons. The summed E-state index contributed by atoms with van der Waals surface area (Å²) in [6.45, 7) is 0. The summed E-state index contributed by atoms with van der Waals surface area (Å²) in [4.78, 5) is 9.10. The quantitative estimate of drug-likeness (QED) is 0.831. The van der Waals surface area contributed by atoms with Crippen LogP contribution in [0.5, 0.6) is 0 Å². The molecule has 4 heteroatoms. The van der Waals surface area contributed by atoms with E-state index < -0.39 is 0 Å². The summed E-state index contributed by atoms with van der Waals surface area (Å²) < 4.78 is 0. The Morgan fingerprint density at radius 1 is 1.29 bits per heavy atom. The van der Waals surface area contributed by atoms with Gasteiger partial charge >= 0.3 is 0 Å². The molecule has 0 saturated carbocycles. The predicted molar refractivity (Wildman–Crippen MR) is 57.0 cm³/mol. The molecule has 2 rings (SSSR count). The summed E-state index contributed by atoms with van der Waals surface area (Å²) in [6, 6.07) is 4.02. The summed E-state index contributed by atoms with van der Waals surface area (Å²) in [5.41, 5.74) is 9.04. The number of nitrogens with two attached hydrogens (primary N) is 1. The van der Waals surface area contributed by atoms with Crippen molar-refractivity contribution < 1.29 is 0 Å². The van der Waals surface area contributed by atoms with Crippen molar-refractivity contribution in [2.45, 2.75) is 12.5 Å². The van der Waals surface area contributed by atoms with Gasteiger partial charge in [0.15, 0.2) is 0 Å². The zero-order chi connectivity index (χ0) is 9.80. The third-order valence-corrected chi connectivity index (χ3v) is 2.93. The van der Waals surface area contributed by atoms with E-state index in [4.69, 9.17) is 5.73 Å². The molecule has 0 radical (unpaired) electrons. The Morgan fingerprint density at radius 2 is 2.07 bits per heavy atom. The Balaban J connectivity index is 2.06. The van der Waals surface area contributed by atoms with Crippen molar-refractivity contribution in [3.05, 3.63) is 46.7 Å². The highest BCUT2D eigenvalue weighted by Gasteiger charge is 2.07. The SMILES string of the molecule is NC(Cc1ccncc1)c1cncs1. The minimum Gasteiger partial charge on any atom is -0.323 e. The lowest BCUT2D eigenvalue weighted by Gasteiger charge is -2.07. The number of rotatable bonds is 3. The van der Waals surface area contributed by atoms with Crippen LogP contribution in [-0.4, -0.2) is 9.97 Å². The lowest BCUT2D eigenvalue weighted by molar-refractivity contribution is 0.733. The third-order valence-electron chi connectivity index (χ3n) is 2.02. The molecule has 0 aliphatic carbocycles. The Kier molecular flexibility index (Phi) is 2.86. The molecule has 0 fully saturated rings. The number of thiazole rings is 1. The van der Waals surface area contributed by atoms with E-state index in [0.29, 0.717) is 0 Å². The largest absolute Gasteiger partial charge is 0.323 e. The summed E-state index contributed by atoms with van der Waals surface area (Å²) >= 11 is 1.60. The van der Waals surface area contributed by atoms with E-state index in [-0.39, 0.29) is 6.04 Å². The van der Waals surface area contributed by atoms with E-state index in [1.165, 1.54) is 5.56 Å². The fraction of sp³-hybridized carbons (Fsp3) is 0.200. The minimum absolute atomic E-state index is 0.0462. The van der Waals surface area contributed by atoms with Crippen LogP contribution in [0.25, 0.3) is 0 Å². The molecule has 0 spiro atoms. The Labute approximate surface area is 86.6 Å². The van der Waals surface area contributed by atoms with Gasteiger partial charge in [-0.1, -0.05) is 0 Å². The maximum atomic E-state index is 6.02. The molecule has 2 N–H and O–H groups in total. The van der Waals surface area contributed by atoms with Crippen LogP contribution < -0.4 is 5.73 Å². The highest BCUT2D eigenvalue weighted by molar-refractivity contribution is 7.09. The van der Waals surface area contributed by atoms with Crippen LogP contribution in [0.1, 0.15) is 16.5 Å². The molecule has 2 heterocycles. The van der Waals surface area contributed by atoms with Gasteiger partial charge in [0.2, 0.25) is 0 Å². The number of pyridine rings is 1. The summed E-state index contributed by atoms with van der Waals surface area (Å²) in [5.74, 6) is 0. The Morgan fingerprint density at radius 3 is 2.71 bits per heavy atom. The molecular formula is C10H11N3S. The first-order chi connectivity index (χ1) is 6.86. The normalized spacial score (nSPS) is 12.6. The van der Waals surface area contributed by atoms with E-state index in [1.54, 1.807) is 23.7 Å². The molecule has 0 aromatic carbocycles. The van der Waals surface area contributed by atoms with Crippen LogP contribution in [0, 0.1) is 0 Å². The zero-order valence-corrected chi connectivity index (χ0v) is 8.45. The van der Waals surface area contributed by atoms with Gasteiger partial charge in [-0.05, 0) is 24.1 Å². The van der Waals surface area contributed by atoms with E-state index in [9.17, 15) is 0 Å². The summed E-state index contributed by atoms with van der Waals surface area (Å²) in [7, 11) is 0. The second kappa shape index (κ2) is 4.30. The molecular weight excluding hydrogens is 194 g/mol. The Bertz CT molecular complexity index is 372. The van der Waals surface area contributed by atoms with Gasteiger partial charge in [0.1, 0.15) is 0 Å². The first kappa shape index (κ1) is 9.30. The average molecular weight is 205 g/mol. The molecule has 0 saturated heterocycles. The van der Waals surface area contributed by atoms with Crippen molar-refractivity contribution in [3.63, 3.8) is 0 Å². The molecule has 0 bridgehead atoms. The number of nitrogens with zero attached hydrogens (tertiary/aromatic N) is 2. The first-order valence-corrected chi connectivity index (χ1v) is 5.27. The van der Waals surface area contributed by atoms with Gasteiger partial charge in [0.25, 0.3) is 0 Å². The van der Waals surface area contributed by atoms with Crippen LogP contribution in [0.3, 0.4) is 0 Å². The van der Waals surface area contributed by atoms with Crippen molar-refractivity contribution in [2.75, 3.05) is 0 Å². The molecule has 2 aromatic heterocycles. The van der Waals surface area contributed by atoms with Crippen molar-refractivity contribution in [2.24, 2.45) is 5.73 Å². The van der Waals surface area contributed by atoms with Gasteiger partial charge in [-0.3, -0.25) is 9.97 Å². The van der Waals surface area contributed by atoms with Gasteiger partial charge in [0, 0.05) is 29.5 Å². The molecule has 3 nitrogen and oxygen atoms in total. The smallest absolute Gasteiger partial charge is 0.0794 e. The molecule has 2 aromatic rings. The van der Waals surface area contributed by atoms with Gasteiger partial charge in [0.05, 0.1) is 5.51 Å². The predicted octanol–water partition coefficient (Wildman–Crippen LogP) is 1.78. The minimum atomic E-state index is 0.0462. The van der Waals surface area contributed by atoms with Gasteiger partial charge in [-0.25, -0.2) is 0 Å². The van der Waals surface area contributed by atoms with Gasteiger partial charge in [-0.2, -0.15) is 0 Å². The molecule has 0 aliphatic heterocycles. The topological polar surface area (TPSA) is 51.8 Å². The van der Waals surface area contributed by atoms with E-state index in [0.717, 1.165) is 11.3 Å². The molecule has 1 atom stereocenters. The maximum absolute atomic E-state index is 6.02. The number of hydrogen-bond donors (Lipinski definition) is 1. The van der Waals surface area contributed by atoms with Crippen molar-refractivity contribution in [3.8, 4) is 0 Å². The van der Waals surface area contributed by atoms with Crippen molar-refractivity contribution in [1.29, 1.82) is 0 Å². The lowest BCUT2D eigenvalue weighted by Crippen LogP contribution is -2.11. The van der Waals surface area contributed by atoms with Crippen LogP contribution in [0.15, 0.2) is 36.2 Å². The molecule has 0 aliphatic rings. The third kappa shape index (κ3) is 2.16. The highest BCUT2D eigenvalue weighted by atomic mass is 32.1. The second-order valence-electron chi connectivity index (χ2n) is 3.07. The van der Waals surface area contributed by atoms with Gasteiger partial charge in [-0.15, -0.1) is 11.3 Å². The average Bonchev–Trinajstić information content (AvgIpc) is 2.72. The van der Waals surface area contributed by atoms with Crippen LogP contribution in [0.4, 0.5) is 0 Å². The molecule has 0 amide bonds. The first-order valence-electron chi connectivity index (χ1n) is 4.39. The summed E-state index contributed by atoms with van der Waals surface area (Å²) in [6.07, 6.45) is 6.24. The van der Waals surface area contributed by atoms with E-state index >= 15 is 0 Å². The summed E-state index contributed by atoms with van der Waals surface area (Å²) in [5, 5.41) is 0. The van der Waals surface area contributed by atoms with Crippen LogP contribution >= 0.6 is 11.3 Å². The van der Waals surface area contributed by atoms with Crippen LogP contribution in [0.2, 0.25) is 0 Å². The number of aromatic nitrogens is 2. The molecule has 1 unspecified atom stereocenters. The van der Waals surface area contributed by atoms with E-state index in [2.05, 4.69) is 9.97 Å². The standard InChI is InChI=1S/C10H11N3S/c11-9(10-6-13-7-14-10)5-8-1-3-12-4-2-8/h1-4,6-7,9H,5,11H2. The second-order valence-corrected chi connectivity index (χ2v) is 3.99. The monoisotopic (exact) mass is 205 g/mol. The highest BCUT2D eigenvalue weighted by Crippen LogP contribution is 2.18. The number of hydrogen-bond acceptors (Lipinski definition) is 4. The fourth-order valence-electron chi connectivity index (χ4n) is 1.28. The van der Waals surface area contributed by atoms with Gasteiger partial charge < -0.3 is 5.73 Å². The Hall–Kier alpha value is -1.26. The fourth-order valence-corrected chi connectivity index (χ4v) is 1.91. The zero-order valence-electron chi connectivity index (χ0n) is 7.63. The molecule has 14 heavy (non-hydrogen) atoms. The maximum Gasteiger partial charge on any atom is 0.0794 e. The lowest BCUT2D eigenvalue weighted by atomic mass is 10.1.